The Labute approximate surface area is 151 Å². The van der Waals surface area contributed by atoms with Gasteiger partial charge in [-0.3, -0.25) is 5.21 Å². The average molecular weight is 371 g/mol. The van der Waals surface area contributed by atoms with Crippen molar-refractivity contribution >= 4 is 27.2 Å². The van der Waals surface area contributed by atoms with E-state index in [0.29, 0.717) is 11.4 Å². The van der Waals surface area contributed by atoms with Crippen LogP contribution < -0.4 is 14.5 Å². The number of hydrogen-bond donors (Lipinski definition) is 2. The first-order chi connectivity index (χ1) is 12.5. The number of pyridine rings is 1. The second-order valence-corrected chi connectivity index (χ2v) is 7.05. The average Bonchev–Trinajstić information content (AvgIpc) is 2.69. The molecule has 8 heteroatoms. The SMILES string of the molecule is COc1ccc(Nc2ncccc2N(O)S(=O)(=O)c2ccccc2)cc1. The van der Waals surface area contributed by atoms with Gasteiger partial charge in [0.1, 0.15) is 11.4 Å². The molecular weight excluding hydrogens is 354 g/mol. The Bertz CT molecular complexity index is 977. The van der Waals surface area contributed by atoms with E-state index in [4.69, 9.17) is 4.74 Å². The van der Waals surface area contributed by atoms with Crippen LogP contribution in [0.2, 0.25) is 0 Å². The van der Waals surface area contributed by atoms with E-state index >= 15 is 0 Å². The van der Waals surface area contributed by atoms with Gasteiger partial charge < -0.3 is 10.1 Å². The van der Waals surface area contributed by atoms with Crippen molar-refractivity contribution in [2.45, 2.75) is 4.90 Å². The monoisotopic (exact) mass is 371 g/mol. The summed E-state index contributed by atoms with van der Waals surface area (Å²) in [6, 6.07) is 17.7. The number of sulfonamides is 1. The number of methoxy groups -OCH3 is 1. The highest BCUT2D eigenvalue weighted by atomic mass is 32.2. The molecular formula is C18H17N3O4S. The second kappa shape index (κ2) is 7.42. The Kier molecular flexibility index (Phi) is 5.06. The van der Waals surface area contributed by atoms with Crippen LogP contribution in [-0.4, -0.2) is 25.7 Å². The maximum atomic E-state index is 12.6. The molecule has 134 valence electrons. The number of nitrogens with zero attached hydrogens (tertiary/aromatic N) is 2. The van der Waals surface area contributed by atoms with Crippen LogP contribution in [-0.2, 0) is 10.0 Å². The van der Waals surface area contributed by atoms with E-state index in [-0.39, 0.29) is 20.9 Å². The lowest BCUT2D eigenvalue weighted by molar-refractivity contribution is 0.316. The summed E-state index contributed by atoms with van der Waals surface area (Å²) >= 11 is 0. The number of rotatable bonds is 6. The van der Waals surface area contributed by atoms with E-state index in [2.05, 4.69) is 10.3 Å². The molecule has 0 saturated heterocycles. The predicted molar refractivity (Wildman–Crippen MR) is 98.4 cm³/mol. The minimum Gasteiger partial charge on any atom is -0.497 e. The Hall–Kier alpha value is -3.10. The molecule has 0 atom stereocenters. The van der Waals surface area contributed by atoms with Crippen molar-refractivity contribution in [3.63, 3.8) is 0 Å². The fourth-order valence-corrected chi connectivity index (χ4v) is 3.39. The van der Waals surface area contributed by atoms with Crippen molar-refractivity contribution in [3.05, 3.63) is 72.9 Å². The number of anilines is 3. The van der Waals surface area contributed by atoms with Gasteiger partial charge in [-0.2, -0.15) is 8.42 Å². The van der Waals surface area contributed by atoms with E-state index < -0.39 is 10.0 Å². The Morgan fingerprint density at radius 2 is 1.69 bits per heavy atom. The Morgan fingerprint density at radius 3 is 2.35 bits per heavy atom. The van der Waals surface area contributed by atoms with Gasteiger partial charge in [0.2, 0.25) is 0 Å². The minimum absolute atomic E-state index is 0.00664. The van der Waals surface area contributed by atoms with E-state index in [1.165, 1.54) is 30.5 Å². The van der Waals surface area contributed by atoms with Gasteiger partial charge >= 0.3 is 0 Å². The van der Waals surface area contributed by atoms with Crippen LogP contribution in [0.15, 0.2) is 77.8 Å². The van der Waals surface area contributed by atoms with Gasteiger partial charge in [0.25, 0.3) is 10.0 Å². The van der Waals surface area contributed by atoms with E-state index in [1.807, 2.05) is 0 Å². The molecule has 0 radical (unpaired) electrons. The maximum absolute atomic E-state index is 12.6. The summed E-state index contributed by atoms with van der Waals surface area (Å²) in [4.78, 5) is 4.11. The summed E-state index contributed by atoms with van der Waals surface area (Å²) in [6.07, 6.45) is 1.50. The number of benzene rings is 2. The highest BCUT2D eigenvalue weighted by Crippen LogP contribution is 2.30. The lowest BCUT2D eigenvalue weighted by atomic mass is 10.3. The van der Waals surface area contributed by atoms with Crippen molar-refractivity contribution in [2.75, 3.05) is 16.9 Å². The summed E-state index contributed by atoms with van der Waals surface area (Å²) in [5, 5.41) is 13.4. The molecule has 2 N–H and O–H groups in total. The lowest BCUT2D eigenvalue weighted by Gasteiger charge is -2.20. The van der Waals surface area contributed by atoms with E-state index in [0.717, 1.165) is 0 Å². The molecule has 7 nitrogen and oxygen atoms in total. The molecule has 2 aromatic carbocycles. The number of hydrogen-bond acceptors (Lipinski definition) is 6. The van der Waals surface area contributed by atoms with Gasteiger partial charge in [-0.1, -0.05) is 18.2 Å². The van der Waals surface area contributed by atoms with Gasteiger partial charge in [-0.05, 0) is 48.5 Å². The van der Waals surface area contributed by atoms with Crippen molar-refractivity contribution in [1.82, 2.24) is 4.98 Å². The first-order valence-corrected chi connectivity index (χ1v) is 9.12. The van der Waals surface area contributed by atoms with Gasteiger partial charge in [0.15, 0.2) is 5.82 Å². The zero-order valence-corrected chi connectivity index (χ0v) is 14.7. The highest BCUT2D eigenvalue weighted by molar-refractivity contribution is 7.92. The van der Waals surface area contributed by atoms with Crippen LogP contribution in [0.4, 0.5) is 17.2 Å². The smallest absolute Gasteiger partial charge is 0.286 e. The van der Waals surface area contributed by atoms with Crippen LogP contribution in [0.25, 0.3) is 0 Å². The van der Waals surface area contributed by atoms with Crippen LogP contribution in [0.1, 0.15) is 0 Å². The zero-order chi connectivity index (χ0) is 18.6. The van der Waals surface area contributed by atoms with Gasteiger partial charge in [-0.25, -0.2) is 4.98 Å². The molecule has 1 heterocycles. The van der Waals surface area contributed by atoms with Crippen LogP contribution in [0, 0.1) is 0 Å². The first kappa shape index (κ1) is 17.7. The predicted octanol–water partition coefficient (Wildman–Crippen LogP) is 3.42. The van der Waals surface area contributed by atoms with E-state index in [1.54, 1.807) is 49.6 Å². The van der Waals surface area contributed by atoms with Gasteiger partial charge in [-0.15, -0.1) is 4.47 Å². The van der Waals surface area contributed by atoms with Crippen molar-refractivity contribution in [2.24, 2.45) is 0 Å². The lowest BCUT2D eigenvalue weighted by Crippen LogP contribution is -2.28. The quantitative estimate of drug-likeness (QED) is 0.645. The summed E-state index contributed by atoms with van der Waals surface area (Å²) in [6.45, 7) is 0. The van der Waals surface area contributed by atoms with Crippen LogP contribution in [0.3, 0.4) is 0 Å². The Balaban J connectivity index is 1.93. The minimum atomic E-state index is -4.13. The summed E-state index contributed by atoms with van der Waals surface area (Å²) in [7, 11) is -2.56. The molecule has 0 saturated carbocycles. The maximum Gasteiger partial charge on any atom is 0.286 e. The number of nitrogens with one attached hydrogen (secondary N) is 1. The third-order valence-corrected chi connectivity index (χ3v) is 5.13. The van der Waals surface area contributed by atoms with Gasteiger partial charge in [0, 0.05) is 11.9 Å². The molecule has 0 aliphatic heterocycles. The van der Waals surface area contributed by atoms with Crippen molar-refractivity contribution in [3.8, 4) is 5.75 Å². The van der Waals surface area contributed by atoms with Crippen molar-refractivity contribution < 1.29 is 18.4 Å². The summed E-state index contributed by atoms with van der Waals surface area (Å²) in [5.41, 5.74) is 0.670. The summed E-state index contributed by atoms with van der Waals surface area (Å²) in [5.74, 6) is 0.881. The molecule has 1 aromatic heterocycles. The van der Waals surface area contributed by atoms with Gasteiger partial charge in [0.05, 0.1) is 12.0 Å². The molecule has 0 aliphatic rings. The molecule has 3 aromatic rings. The van der Waals surface area contributed by atoms with E-state index in [9.17, 15) is 13.6 Å². The molecule has 3 rings (SSSR count). The van der Waals surface area contributed by atoms with Crippen molar-refractivity contribution in [1.29, 1.82) is 0 Å². The van der Waals surface area contributed by atoms with Crippen LogP contribution in [0.5, 0.6) is 5.75 Å². The largest absolute Gasteiger partial charge is 0.497 e. The number of ether oxygens (including phenoxy) is 1. The Morgan fingerprint density at radius 1 is 1.00 bits per heavy atom. The fourth-order valence-electron chi connectivity index (χ4n) is 2.28. The highest BCUT2D eigenvalue weighted by Gasteiger charge is 2.25. The topological polar surface area (TPSA) is 91.8 Å². The molecule has 0 fully saturated rings. The molecule has 0 unspecified atom stereocenters. The third kappa shape index (κ3) is 3.61. The molecule has 26 heavy (non-hydrogen) atoms. The second-order valence-electron chi connectivity index (χ2n) is 5.29. The molecule has 0 spiro atoms. The first-order valence-electron chi connectivity index (χ1n) is 7.68. The fraction of sp³-hybridized carbons (Fsp3) is 0.0556. The van der Waals surface area contributed by atoms with Crippen LogP contribution >= 0.6 is 0 Å². The standard InChI is InChI=1S/C18H17N3O4S/c1-25-15-11-9-14(10-12-15)20-18-17(8-5-13-19-18)21(22)26(23,24)16-6-3-2-4-7-16/h2-13,22H,1H3,(H,19,20). The normalized spacial score (nSPS) is 11.0. The zero-order valence-electron chi connectivity index (χ0n) is 13.9. The molecule has 0 amide bonds. The summed E-state index contributed by atoms with van der Waals surface area (Å²) < 4.78 is 30.6. The molecule has 0 aliphatic carbocycles. The third-order valence-electron chi connectivity index (χ3n) is 3.61. The molecule has 0 bridgehead atoms. The number of aromatic nitrogens is 1.